The van der Waals surface area contributed by atoms with Gasteiger partial charge in [-0.15, -0.1) is 0 Å². The van der Waals surface area contributed by atoms with Gasteiger partial charge in [0.1, 0.15) is 11.3 Å². The Morgan fingerprint density at radius 3 is 2.22 bits per heavy atom. The predicted octanol–water partition coefficient (Wildman–Crippen LogP) is 3.83. The summed E-state index contributed by atoms with van der Waals surface area (Å²) >= 11 is 3.94. The van der Waals surface area contributed by atoms with Gasteiger partial charge < -0.3 is 5.11 Å². The molecule has 1 aliphatic rings. The van der Waals surface area contributed by atoms with Crippen molar-refractivity contribution in [1.82, 2.24) is 5.32 Å². The Kier molecular flexibility index (Phi) is 5.84. The van der Waals surface area contributed by atoms with E-state index in [-0.39, 0.29) is 11.3 Å². The van der Waals surface area contributed by atoms with Gasteiger partial charge in [-0.05, 0) is 93.1 Å². The molecule has 1 aliphatic heterocycles. The second kappa shape index (κ2) is 7.97. The first-order chi connectivity index (χ1) is 12.8. The van der Waals surface area contributed by atoms with E-state index < -0.39 is 17.8 Å². The molecule has 2 aromatic carbocycles. The number of halogens is 2. The fraction of sp³-hybridized carbons (Fsp3) is 0.105. The van der Waals surface area contributed by atoms with E-state index in [4.69, 9.17) is 0 Å². The molecule has 0 saturated carbocycles. The van der Waals surface area contributed by atoms with Crippen LogP contribution in [0.5, 0.6) is 5.75 Å². The van der Waals surface area contributed by atoms with Crippen molar-refractivity contribution in [2.24, 2.45) is 0 Å². The van der Waals surface area contributed by atoms with Crippen LogP contribution in [-0.2, 0) is 16.0 Å². The normalized spacial score (nSPS) is 16.0. The Morgan fingerprint density at radius 1 is 1.07 bits per heavy atom. The highest BCUT2D eigenvalue weighted by atomic mass is 127. The van der Waals surface area contributed by atoms with Crippen LogP contribution in [-0.4, -0.2) is 23.0 Å². The van der Waals surface area contributed by atoms with Crippen LogP contribution >= 0.6 is 45.2 Å². The van der Waals surface area contributed by atoms with Crippen LogP contribution in [0.3, 0.4) is 0 Å². The number of carbonyl (C=O) groups excluding carboxylic acids is 3. The van der Waals surface area contributed by atoms with Crippen molar-refractivity contribution in [3.8, 4) is 5.75 Å². The molecule has 4 amide bonds. The third-order valence-corrected chi connectivity index (χ3v) is 5.70. The first kappa shape index (κ1) is 19.8. The molecule has 0 unspecified atom stereocenters. The van der Waals surface area contributed by atoms with Crippen LogP contribution in [0.4, 0.5) is 10.5 Å². The van der Waals surface area contributed by atoms with Gasteiger partial charge in [-0.3, -0.25) is 14.9 Å². The van der Waals surface area contributed by atoms with Crippen molar-refractivity contribution in [2.45, 2.75) is 13.3 Å². The number of nitrogens with one attached hydrogen (secondary N) is 1. The number of aromatic hydroxyl groups is 1. The van der Waals surface area contributed by atoms with Crippen LogP contribution in [0.15, 0.2) is 42.0 Å². The van der Waals surface area contributed by atoms with Gasteiger partial charge in [0.25, 0.3) is 11.8 Å². The molecule has 0 spiro atoms. The lowest BCUT2D eigenvalue weighted by molar-refractivity contribution is -0.122. The topological polar surface area (TPSA) is 86.7 Å². The number of phenolic OH excluding ortho intramolecular Hbond substituents is 1. The molecular formula is C19H14I2N2O4. The summed E-state index contributed by atoms with van der Waals surface area (Å²) in [7, 11) is 0. The summed E-state index contributed by atoms with van der Waals surface area (Å²) in [6.45, 7) is 2.01. The molecule has 27 heavy (non-hydrogen) atoms. The van der Waals surface area contributed by atoms with Crippen molar-refractivity contribution in [3.63, 3.8) is 0 Å². The van der Waals surface area contributed by atoms with Gasteiger partial charge in [-0.2, -0.15) is 0 Å². The number of aryl methyl sites for hydroxylation is 1. The third kappa shape index (κ3) is 4.00. The minimum absolute atomic E-state index is 0.144. The lowest BCUT2D eigenvalue weighted by Crippen LogP contribution is -2.54. The summed E-state index contributed by atoms with van der Waals surface area (Å²) in [5, 5.41) is 12.1. The van der Waals surface area contributed by atoms with Crippen LogP contribution in [0.25, 0.3) is 6.08 Å². The molecule has 6 nitrogen and oxygen atoms in total. The fourth-order valence-electron chi connectivity index (χ4n) is 2.61. The molecule has 0 aliphatic carbocycles. The van der Waals surface area contributed by atoms with Crippen molar-refractivity contribution in [3.05, 3.63) is 60.2 Å². The van der Waals surface area contributed by atoms with E-state index in [1.165, 1.54) is 6.08 Å². The van der Waals surface area contributed by atoms with Crippen LogP contribution in [0.1, 0.15) is 18.1 Å². The van der Waals surface area contributed by atoms with E-state index in [1.54, 1.807) is 24.3 Å². The summed E-state index contributed by atoms with van der Waals surface area (Å²) in [5.74, 6) is -1.29. The Labute approximate surface area is 182 Å². The first-order valence-corrected chi connectivity index (χ1v) is 10.2. The lowest BCUT2D eigenvalue weighted by Gasteiger charge is -2.26. The number of hydrogen-bond acceptors (Lipinski definition) is 4. The van der Waals surface area contributed by atoms with Gasteiger partial charge in [-0.25, -0.2) is 9.69 Å². The molecular weight excluding hydrogens is 574 g/mol. The van der Waals surface area contributed by atoms with Crippen LogP contribution < -0.4 is 10.2 Å². The Balaban J connectivity index is 2.01. The zero-order chi connectivity index (χ0) is 19.7. The Hall–Kier alpha value is -1.95. The highest BCUT2D eigenvalue weighted by molar-refractivity contribution is 14.1. The maximum atomic E-state index is 12.9. The monoisotopic (exact) mass is 588 g/mol. The molecule has 2 N–H and O–H groups in total. The van der Waals surface area contributed by atoms with E-state index in [1.807, 2.05) is 64.2 Å². The van der Waals surface area contributed by atoms with Gasteiger partial charge in [0.15, 0.2) is 0 Å². The number of rotatable bonds is 3. The van der Waals surface area contributed by atoms with E-state index in [0.29, 0.717) is 18.4 Å². The number of hydrogen-bond donors (Lipinski definition) is 2. The Morgan fingerprint density at radius 2 is 1.67 bits per heavy atom. The summed E-state index contributed by atoms with van der Waals surface area (Å²) < 4.78 is 1.19. The zero-order valence-corrected chi connectivity index (χ0v) is 18.4. The van der Waals surface area contributed by atoms with Crippen LogP contribution in [0, 0.1) is 7.14 Å². The predicted molar refractivity (Wildman–Crippen MR) is 118 cm³/mol. The molecule has 0 radical (unpaired) electrons. The quantitative estimate of drug-likeness (QED) is 0.325. The second-order valence-electron chi connectivity index (χ2n) is 5.81. The minimum Gasteiger partial charge on any atom is -0.506 e. The smallest absolute Gasteiger partial charge is 0.335 e. The molecule has 1 saturated heterocycles. The molecule has 1 heterocycles. The number of barbiturate groups is 1. The highest BCUT2D eigenvalue weighted by Crippen LogP contribution is 2.29. The fourth-order valence-corrected chi connectivity index (χ4v) is 4.42. The molecule has 1 fully saturated rings. The van der Waals surface area contributed by atoms with Crippen LogP contribution in [0.2, 0.25) is 0 Å². The maximum absolute atomic E-state index is 12.9. The van der Waals surface area contributed by atoms with E-state index in [0.717, 1.165) is 16.9 Å². The summed E-state index contributed by atoms with van der Waals surface area (Å²) in [4.78, 5) is 38.3. The average molecular weight is 588 g/mol. The number of imide groups is 2. The average Bonchev–Trinajstić information content (AvgIpc) is 2.63. The number of benzene rings is 2. The first-order valence-electron chi connectivity index (χ1n) is 8.00. The zero-order valence-electron chi connectivity index (χ0n) is 14.1. The van der Waals surface area contributed by atoms with Crippen molar-refractivity contribution >= 4 is 74.8 Å². The highest BCUT2D eigenvalue weighted by Gasteiger charge is 2.36. The number of amides is 4. The maximum Gasteiger partial charge on any atom is 0.335 e. The van der Waals surface area contributed by atoms with Gasteiger partial charge in [0.2, 0.25) is 0 Å². The minimum atomic E-state index is -0.777. The molecule has 8 heteroatoms. The van der Waals surface area contributed by atoms with Crippen molar-refractivity contribution in [2.75, 3.05) is 4.90 Å². The molecule has 3 rings (SSSR count). The molecule has 0 aromatic heterocycles. The molecule has 0 atom stereocenters. The number of anilines is 1. The number of phenols is 1. The number of nitrogens with zero attached hydrogens (tertiary/aromatic N) is 1. The molecule has 0 bridgehead atoms. The number of urea groups is 1. The largest absolute Gasteiger partial charge is 0.506 e. The summed E-state index contributed by atoms with van der Waals surface area (Å²) in [6, 6.07) is 9.55. The van der Waals surface area contributed by atoms with Crippen molar-refractivity contribution in [1.29, 1.82) is 0 Å². The van der Waals surface area contributed by atoms with Gasteiger partial charge in [-0.1, -0.05) is 19.1 Å². The molecule has 138 valence electrons. The summed E-state index contributed by atoms with van der Waals surface area (Å²) in [6.07, 6.45) is 2.25. The number of carbonyl (C=O) groups is 3. The molecule has 2 aromatic rings. The SMILES string of the molecule is CCc1ccc(N2C(=O)NC(=O)C(=Cc3cc(I)c(O)c(I)c3)C2=O)cc1. The van der Waals surface area contributed by atoms with E-state index >= 15 is 0 Å². The van der Waals surface area contributed by atoms with Crippen molar-refractivity contribution < 1.29 is 19.5 Å². The third-order valence-electron chi connectivity index (χ3n) is 4.05. The van der Waals surface area contributed by atoms with Gasteiger partial charge in [0.05, 0.1) is 12.8 Å². The van der Waals surface area contributed by atoms with Gasteiger partial charge in [0, 0.05) is 0 Å². The standard InChI is InChI=1S/C19H14I2N2O4/c1-2-10-3-5-12(6-4-10)23-18(26)13(17(25)22-19(23)27)7-11-8-14(20)16(24)15(21)9-11/h3-9,24H,2H2,1H3,(H,22,25,27). The second-order valence-corrected chi connectivity index (χ2v) is 8.14. The summed E-state index contributed by atoms with van der Waals surface area (Å²) in [5.41, 5.74) is 1.90. The van der Waals surface area contributed by atoms with E-state index in [2.05, 4.69) is 5.32 Å². The lowest BCUT2D eigenvalue weighted by atomic mass is 10.1. The van der Waals surface area contributed by atoms with Gasteiger partial charge >= 0.3 is 6.03 Å². The van der Waals surface area contributed by atoms with E-state index in [9.17, 15) is 19.5 Å². The Bertz CT molecular complexity index is 961.